The maximum atomic E-state index is 13.9. The quantitative estimate of drug-likeness (QED) is 0.143. The Kier molecular flexibility index (Phi) is 15.6. The number of benzene rings is 2. The lowest BCUT2D eigenvalue weighted by molar-refractivity contribution is -0.124. The highest BCUT2D eigenvalue weighted by Gasteiger charge is 2.28. The maximum Gasteiger partial charge on any atom is 0.319 e. The molecule has 3 N–H and O–H groups in total. The summed E-state index contributed by atoms with van der Waals surface area (Å²) in [6.07, 6.45) is 12.1. The summed E-state index contributed by atoms with van der Waals surface area (Å²) in [6, 6.07) is 13.0. The minimum atomic E-state index is -3.81. The second-order valence-electron chi connectivity index (χ2n) is 14.9. The third-order valence-corrected chi connectivity index (χ3v) is 11.7. The van der Waals surface area contributed by atoms with Gasteiger partial charge in [-0.15, -0.1) is 0 Å². The highest BCUT2D eigenvalue weighted by Crippen LogP contribution is 2.30. The van der Waals surface area contributed by atoms with Gasteiger partial charge in [0.1, 0.15) is 6.04 Å². The van der Waals surface area contributed by atoms with Gasteiger partial charge >= 0.3 is 6.03 Å². The van der Waals surface area contributed by atoms with Crippen molar-refractivity contribution in [3.63, 3.8) is 0 Å². The molecule has 0 bridgehead atoms. The lowest BCUT2D eigenvalue weighted by Crippen LogP contribution is -2.51. The van der Waals surface area contributed by atoms with E-state index in [4.69, 9.17) is 0 Å². The van der Waals surface area contributed by atoms with E-state index in [0.717, 1.165) is 56.3 Å². The fourth-order valence-corrected chi connectivity index (χ4v) is 8.19. The molecule has 3 rings (SSSR count). The van der Waals surface area contributed by atoms with Gasteiger partial charge in [0.25, 0.3) is 10.0 Å². The van der Waals surface area contributed by atoms with Gasteiger partial charge in [-0.3, -0.25) is 9.10 Å². The summed E-state index contributed by atoms with van der Waals surface area (Å²) >= 11 is 1.68. The van der Waals surface area contributed by atoms with E-state index >= 15 is 0 Å². The summed E-state index contributed by atoms with van der Waals surface area (Å²) in [5.74, 6) is 1.74. The summed E-state index contributed by atoms with van der Waals surface area (Å²) in [7, 11) is -3.81. The van der Waals surface area contributed by atoms with Crippen LogP contribution >= 0.6 is 11.8 Å². The third kappa shape index (κ3) is 12.6. The zero-order valence-electron chi connectivity index (χ0n) is 30.3. The third-order valence-electron chi connectivity index (χ3n) is 9.15. The largest absolute Gasteiger partial charge is 0.352 e. The van der Waals surface area contributed by atoms with E-state index < -0.39 is 22.1 Å². The minimum Gasteiger partial charge on any atom is -0.352 e. The summed E-state index contributed by atoms with van der Waals surface area (Å²) in [6.45, 7) is 13.1. The number of carbonyl (C=O) groups excluding carboxylic acids is 2. The van der Waals surface area contributed by atoms with Crippen LogP contribution in [0.25, 0.3) is 0 Å². The van der Waals surface area contributed by atoms with E-state index in [1.807, 2.05) is 25.3 Å². The van der Waals surface area contributed by atoms with Crippen molar-refractivity contribution in [3.8, 4) is 0 Å². The smallest absolute Gasteiger partial charge is 0.319 e. The average Bonchev–Trinajstić information content (AvgIpc) is 3.03. The molecule has 8 nitrogen and oxygen atoms in total. The highest BCUT2D eigenvalue weighted by molar-refractivity contribution is 7.98. The van der Waals surface area contributed by atoms with Crippen LogP contribution in [0.4, 0.5) is 16.2 Å². The normalized spacial score (nSPS) is 15.5. The predicted octanol–water partition coefficient (Wildman–Crippen LogP) is 8.72. The number of hydrogen-bond donors (Lipinski definition) is 3. The fourth-order valence-electron chi connectivity index (χ4n) is 6.27. The first-order valence-electron chi connectivity index (χ1n) is 17.8. The average molecular weight is 701 g/mol. The Hall–Kier alpha value is -2.72. The predicted molar refractivity (Wildman–Crippen MR) is 203 cm³/mol. The Morgan fingerprint density at radius 3 is 2.12 bits per heavy atom. The lowest BCUT2D eigenvalue weighted by Gasteiger charge is -2.28. The maximum absolute atomic E-state index is 13.9. The van der Waals surface area contributed by atoms with Crippen molar-refractivity contribution in [3.05, 3.63) is 54.1 Å². The highest BCUT2D eigenvalue weighted by atomic mass is 32.2. The topological polar surface area (TPSA) is 108 Å². The first-order chi connectivity index (χ1) is 22.7. The van der Waals surface area contributed by atoms with Crippen LogP contribution in [0.15, 0.2) is 53.4 Å². The van der Waals surface area contributed by atoms with E-state index in [9.17, 15) is 18.0 Å². The van der Waals surface area contributed by atoms with Crippen LogP contribution in [-0.4, -0.2) is 51.0 Å². The molecule has 1 unspecified atom stereocenters. The zero-order valence-corrected chi connectivity index (χ0v) is 31.9. The van der Waals surface area contributed by atoms with Gasteiger partial charge in [-0.1, -0.05) is 91.7 Å². The minimum absolute atomic E-state index is 0.0362. The second kappa shape index (κ2) is 18.9. The molecule has 1 aliphatic carbocycles. The van der Waals surface area contributed by atoms with Crippen molar-refractivity contribution < 1.29 is 18.0 Å². The molecule has 0 heterocycles. The number of nitrogens with zero attached hydrogens (tertiary/aromatic N) is 1. The number of nitrogens with one attached hydrogen (secondary N) is 3. The van der Waals surface area contributed by atoms with Crippen molar-refractivity contribution in [2.24, 2.45) is 11.8 Å². The number of anilines is 2. The molecule has 10 heteroatoms. The molecule has 1 aliphatic rings. The van der Waals surface area contributed by atoms with Crippen molar-refractivity contribution >= 4 is 45.1 Å². The van der Waals surface area contributed by atoms with Crippen molar-refractivity contribution in [1.82, 2.24) is 10.6 Å². The standard InChI is InChI=1S/C38H60N4O4S2/c1-28(2)13-11-14-29(3)39-36(43)35(27-30-15-9-8-10-16-30)41-37(44)40-32-19-21-33(22-20-32)42(25-12-26-47-7)48(45,46)34-23-17-31(18-24-34)38(4,5)6/h17-24,28-30,35H,8-16,25-27H2,1-7H3,(H,39,43)(H2,40,41,44)/t29?,35-/m1/s1. The van der Waals surface area contributed by atoms with E-state index in [-0.39, 0.29) is 22.3 Å². The molecule has 0 saturated heterocycles. The number of carbonyl (C=O) groups is 2. The lowest BCUT2D eigenvalue weighted by atomic mass is 9.84. The van der Waals surface area contributed by atoms with Crippen LogP contribution in [0.1, 0.15) is 111 Å². The van der Waals surface area contributed by atoms with E-state index in [2.05, 4.69) is 50.6 Å². The van der Waals surface area contributed by atoms with E-state index in [1.54, 1.807) is 48.2 Å². The molecular formula is C38H60N4O4S2. The second-order valence-corrected chi connectivity index (χ2v) is 17.7. The first-order valence-corrected chi connectivity index (χ1v) is 20.6. The molecule has 1 fully saturated rings. The zero-order chi connectivity index (χ0) is 35.3. The molecule has 0 aromatic heterocycles. The number of amides is 3. The summed E-state index contributed by atoms with van der Waals surface area (Å²) in [4.78, 5) is 26.9. The van der Waals surface area contributed by atoms with Crippen LogP contribution < -0.4 is 20.3 Å². The molecule has 2 aromatic carbocycles. The van der Waals surface area contributed by atoms with Crippen molar-refractivity contribution in [2.45, 2.75) is 128 Å². The summed E-state index contributed by atoms with van der Waals surface area (Å²) in [5, 5.41) is 8.97. The van der Waals surface area contributed by atoms with Gasteiger partial charge in [-0.05, 0) is 97.4 Å². The molecule has 48 heavy (non-hydrogen) atoms. The number of thioether (sulfide) groups is 1. The van der Waals surface area contributed by atoms with Gasteiger partial charge in [0.05, 0.1) is 10.6 Å². The van der Waals surface area contributed by atoms with Gasteiger partial charge in [-0.25, -0.2) is 13.2 Å². The molecule has 2 aromatic rings. The Morgan fingerprint density at radius 2 is 1.54 bits per heavy atom. The van der Waals surface area contributed by atoms with Crippen LogP contribution in [0.5, 0.6) is 0 Å². The SMILES string of the molecule is CSCCCN(c1ccc(NC(=O)N[C@H](CC2CCCCC2)C(=O)NC(C)CCCC(C)C)cc1)S(=O)(=O)c1ccc(C(C)(C)C)cc1. The van der Waals surface area contributed by atoms with Gasteiger partial charge in [0.15, 0.2) is 0 Å². The van der Waals surface area contributed by atoms with Crippen LogP contribution in [0.3, 0.4) is 0 Å². The summed E-state index contributed by atoms with van der Waals surface area (Å²) < 4.78 is 29.2. The van der Waals surface area contributed by atoms with Gasteiger partial charge in [-0.2, -0.15) is 11.8 Å². The van der Waals surface area contributed by atoms with Gasteiger partial charge in [0.2, 0.25) is 5.91 Å². The molecule has 0 radical (unpaired) electrons. The van der Waals surface area contributed by atoms with Gasteiger partial charge < -0.3 is 16.0 Å². The van der Waals surface area contributed by atoms with Gasteiger partial charge in [0, 0.05) is 18.3 Å². The Bertz CT molecular complexity index is 1380. The first kappa shape index (κ1) is 39.7. The number of urea groups is 1. The molecule has 268 valence electrons. The van der Waals surface area contributed by atoms with Crippen molar-refractivity contribution in [1.29, 1.82) is 0 Å². The van der Waals surface area contributed by atoms with E-state index in [1.165, 1.54) is 10.7 Å². The Morgan fingerprint density at radius 1 is 0.896 bits per heavy atom. The molecule has 3 amide bonds. The molecule has 2 atom stereocenters. The molecule has 0 aliphatic heterocycles. The number of sulfonamides is 1. The Labute approximate surface area is 295 Å². The fraction of sp³-hybridized carbons (Fsp3) is 0.632. The molecular weight excluding hydrogens is 641 g/mol. The summed E-state index contributed by atoms with van der Waals surface area (Å²) in [5.41, 5.74) is 2.04. The van der Waals surface area contributed by atoms with Crippen LogP contribution in [0, 0.1) is 11.8 Å². The molecule has 1 saturated carbocycles. The molecule has 0 spiro atoms. The Balaban J connectivity index is 1.72. The number of rotatable bonds is 17. The van der Waals surface area contributed by atoms with Crippen molar-refractivity contribution in [2.75, 3.05) is 28.2 Å². The van der Waals surface area contributed by atoms with Crippen LogP contribution in [-0.2, 0) is 20.2 Å². The van der Waals surface area contributed by atoms with Crippen LogP contribution in [0.2, 0.25) is 0 Å². The van der Waals surface area contributed by atoms with E-state index in [0.29, 0.717) is 42.6 Å². The monoisotopic (exact) mass is 700 g/mol. The number of hydrogen-bond acceptors (Lipinski definition) is 5.